The molecule has 0 atom stereocenters. The summed E-state index contributed by atoms with van der Waals surface area (Å²) in [6, 6.07) is 4.03. The zero-order valence-corrected chi connectivity index (χ0v) is 16.6. The molecule has 0 radical (unpaired) electrons. The molecule has 0 bridgehead atoms. The van der Waals surface area contributed by atoms with Gasteiger partial charge in [0, 0.05) is 50.7 Å². The van der Waals surface area contributed by atoms with Crippen LogP contribution in [0.4, 0.5) is 5.69 Å². The largest absolute Gasteiger partial charge is 0.480 e. The summed E-state index contributed by atoms with van der Waals surface area (Å²) in [5.74, 6) is 0.230. The second kappa shape index (κ2) is 10.4. The van der Waals surface area contributed by atoms with E-state index in [9.17, 15) is 9.59 Å². The standard InChI is InChI=1S/C21H32N4O3/c26-20(25-15-13-24(14-16-25)19-5-9-22-10-6-19)4-2-1-3-18-7-11-23(12-8-18)17-21(27)28/h5-6,9-10,18H,1-4,7-8,11-17H2,(H,27,28). The molecular weight excluding hydrogens is 356 g/mol. The van der Waals surface area contributed by atoms with Gasteiger partial charge < -0.3 is 14.9 Å². The summed E-state index contributed by atoms with van der Waals surface area (Å²) >= 11 is 0. The third-order valence-electron chi connectivity index (χ3n) is 5.98. The van der Waals surface area contributed by atoms with Gasteiger partial charge in [0.05, 0.1) is 6.54 Å². The van der Waals surface area contributed by atoms with Gasteiger partial charge in [-0.1, -0.05) is 12.8 Å². The van der Waals surface area contributed by atoms with Crippen molar-refractivity contribution in [1.29, 1.82) is 0 Å². The van der Waals surface area contributed by atoms with Gasteiger partial charge in [-0.3, -0.25) is 19.5 Å². The SMILES string of the molecule is O=C(O)CN1CCC(CCCCC(=O)N2CCN(c3ccncc3)CC2)CC1. The molecule has 0 aromatic carbocycles. The highest BCUT2D eigenvalue weighted by Gasteiger charge is 2.22. The van der Waals surface area contributed by atoms with Gasteiger partial charge in [0.2, 0.25) is 5.91 Å². The number of carbonyl (C=O) groups is 2. The number of amides is 1. The fourth-order valence-corrected chi connectivity index (χ4v) is 4.26. The normalized spacial score (nSPS) is 19.0. The second-order valence-electron chi connectivity index (χ2n) is 7.93. The van der Waals surface area contributed by atoms with E-state index in [1.165, 1.54) is 5.69 Å². The first kappa shape index (κ1) is 20.6. The molecule has 7 nitrogen and oxygen atoms in total. The van der Waals surface area contributed by atoms with E-state index in [0.29, 0.717) is 12.3 Å². The van der Waals surface area contributed by atoms with Crippen molar-refractivity contribution in [1.82, 2.24) is 14.8 Å². The summed E-state index contributed by atoms with van der Waals surface area (Å²) in [6.07, 6.45) is 9.63. The quantitative estimate of drug-likeness (QED) is 0.687. The van der Waals surface area contributed by atoms with Crippen molar-refractivity contribution in [2.24, 2.45) is 5.92 Å². The van der Waals surface area contributed by atoms with Crippen LogP contribution in [0.5, 0.6) is 0 Å². The predicted molar refractivity (Wildman–Crippen MR) is 108 cm³/mol. The van der Waals surface area contributed by atoms with Gasteiger partial charge >= 0.3 is 5.97 Å². The molecule has 2 fully saturated rings. The molecule has 28 heavy (non-hydrogen) atoms. The fourth-order valence-electron chi connectivity index (χ4n) is 4.26. The average molecular weight is 389 g/mol. The molecule has 2 saturated heterocycles. The maximum Gasteiger partial charge on any atom is 0.317 e. The van der Waals surface area contributed by atoms with Crippen LogP contribution < -0.4 is 4.90 Å². The van der Waals surface area contributed by atoms with Crippen LogP contribution in [0.2, 0.25) is 0 Å². The summed E-state index contributed by atoms with van der Waals surface area (Å²) in [7, 11) is 0. The van der Waals surface area contributed by atoms with Gasteiger partial charge in [0.25, 0.3) is 0 Å². The van der Waals surface area contributed by atoms with Crippen molar-refractivity contribution in [3.05, 3.63) is 24.5 Å². The number of piperazine rings is 1. The molecule has 2 aliphatic heterocycles. The summed E-state index contributed by atoms with van der Waals surface area (Å²) in [4.78, 5) is 33.6. The van der Waals surface area contributed by atoms with E-state index in [0.717, 1.165) is 71.4 Å². The van der Waals surface area contributed by atoms with Gasteiger partial charge in [-0.05, 0) is 50.4 Å². The van der Waals surface area contributed by atoms with Crippen molar-refractivity contribution >= 4 is 17.6 Å². The highest BCUT2D eigenvalue weighted by molar-refractivity contribution is 5.76. The van der Waals surface area contributed by atoms with Gasteiger partial charge in [-0.2, -0.15) is 0 Å². The van der Waals surface area contributed by atoms with E-state index in [-0.39, 0.29) is 12.5 Å². The van der Waals surface area contributed by atoms with Crippen molar-refractivity contribution in [2.45, 2.75) is 38.5 Å². The number of unbranched alkanes of at least 4 members (excludes halogenated alkanes) is 1. The molecular formula is C21H32N4O3. The number of anilines is 1. The molecule has 1 N–H and O–H groups in total. The lowest BCUT2D eigenvalue weighted by Gasteiger charge is -2.36. The minimum atomic E-state index is -0.737. The molecule has 154 valence electrons. The molecule has 1 aromatic rings. The Labute approximate surface area is 167 Å². The summed E-state index contributed by atoms with van der Waals surface area (Å²) in [5.41, 5.74) is 1.18. The van der Waals surface area contributed by atoms with Crippen LogP contribution in [0.15, 0.2) is 24.5 Å². The lowest BCUT2D eigenvalue weighted by molar-refractivity contribution is -0.138. The molecule has 1 amide bonds. The number of carboxylic acids is 1. The molecule has 7 heteroatoms. The van der Waals surface area contributed by atoms with Crippen LogP contribution >= 0.6 is 0 Å². The molecule has 0 saturated carbocycles. The van der Waals surface area contributed by atoms with Gasteiger partial charge in [0.15, 0.2) is 0 Å². The number of aromatic nitrogens is 1. The number of pyridine rings is 1. The smallest absolute Gasteiger partial charge is 0.317 e. The van der Waals surface area contributed by atoms with E-state index >= 15 is 0 Å². The number of carbonyl (C=O) groups excluding carboxylic acids is 1. The van der Waals surface area contributed by atoms with Gasteiger partial charge in [-0.15, -0.1) is 0 Å². The van der Waals surface area contributed by atoms with E-state index in [4.69, 9.17) is 5.11 Å². The summed E-state index contributed by atoms with van der Waals surface area (Å²) in [6.45, 7) is 5.28. The number of aliphatic carboxylic acids is 1. The third-order valence-corrected chi connectivity index (χ3v) is 5.98. The van der Waals surface area contributed by atoms with Crippen molar-refractivity contribution in [3.8, 4) is 0 Å². The van der Waals surface area contributed by atoms with Crippen LogP contribution in [0, 0.1) is 5.92 Å². The van der Waals surface area contributed by atoms with Gasteiger partial charge in [0.1, 0.15) is 0 Å². The van der Waals surface area contributed by atoms with Crippen LogP contribution in [0.1, 0.15) is 38.5 Å². The fraction of sp³-hybridized carbons (Fsp3) is 0.667. The number of rotatable bonds is 8. The lowest BCUT2D eigenvalue weighted by Crippen LogP contribution is -2.48. The molecule has 0 aliphatic carbocycles. The maximum absolute atomic E-state index is 12.5. The van der Waals surface area contributed by atoms with Gasteiger partial charge in [-0.25, -0.2) is 0 Å². The van der Waals surface area contributed by atoms with Crippen molar-refractivity contribution in [2.75, 3.05) is 50.7 Å². The number of likely N-dealkylation sites (tertiary alicyclic amines) is 1. The number of hydrogen-bond acceptors (Lipinski definition) is 5. The van der Waals surface area contributed by atoms with Crippen LogP contribution in [-0.2, 0) is 9.59 Å². The third kappa shape index (κ3) is 6.19. The van der Waals surface area contributed by atoms with E-state index < -0.39 is 5.97 Å². The van der Waals surface area contributed by atoms with E-state index in [1.54, 1.807) is 0 Å². The molecule has 2 aliphatic rings. The van der Waals surface area contributed by atoms with Crippen molar-refractivity contribution < 1.29 is 14.7 Å². The van der Waals surface area contributed by atoms with E-state index in [1.807, 2.05) is 34.3 Å². The Morgan fingerprint density at radius 3 is 2.32 bits per heavy atom. The second-order valence-corrected chi connectivity index (χ2v) is 7.93. The van der Waals surface area contributed by atoms with Crippen LogP contribution in [0.25, 0.3) is 0 Å². The first-order valence-electron chi connectivity index (χ1n) is 10.5. The Morgan fingerprint density at radius 1 is 1.00 bits per heavy atom. The molecule has 3 heterocycles. The molecule has 3 rings (SSSR count). The zero-order valence-electron chi connectivity index (χ0n) is 16.6. The number of hydrogen-bond donors (Lipinski definition) is 1. The van der Waals surface area contributed by atoms with E-state index in [2.05, 4.69) is 9.88 Å². The highest BCUT2D eigenvalue weighted by Crippen LogP contribution is 2.23. The molecule has 0 unspecified atom stereocenters. The van der Waals surface area contributed by atoms with Crippen LogP contribution in [0.3, 0.4) is 0 Å². The number of carboxylic acid groups (broad SMARTS) is 1. The predicted octanol–water partition coefficient (Wildman–Crippen LogP) is 2.09. The Hall–Kier alpha value is -2.15. The first-order valence-corrected chi connectivity index (χ1v) is 10.5. The first-order chi connectivity index (χ1) is 13.6. The minimum Gasteiger partial charge on any atom is -0.480 e. The Morgan fingerprint density at radius 2 is 1.68 bits per heavy atom. The zero-order chi connectivity index (χ0) is 19.8. The molecule has 0 spiro atoms. The minimum absolute atomic E-state index is 0.162. The summed E-state index contributed by atoms with van der Waals surface area (Å²) < 4.78 is 0. The lowest BCUT2D eigenvalue weighted by atomic mass is 9.91. The average Bonchev–Trinajstić information content (AvgIpc) is 2.72. The molecule has 1 aromatic heterocycles. The number of nitrogens with zero attached hydrogens (tertiary/aromatic N) is 4. The van der Waals surface area contributed by atoms with Crippen LogP contribution in [-0.4, -0.2) is 77.6 Å². The van der Waals surface area contributed by atoms with Crippen molar-refractivity contribution in [3.63, 3.8) is 0 Å². The topological polar surface area (TPSA) is 77.0 Å². The maximum atomic E-state index is 12.5. The highest BCUT2D eigenvalue weighted by atomic mass is 16.4. The Balaban J connectivity index is 1.27. The Bertz CT molecular complexity index is 624. The summed E-state index contributed by atoms with van der Waals surface area (Å²) in [5, 5.41) is 8.85. The monoisotopic (exact) mass is 388 g/mol. The Kier molecular flexibility index (Phi) is 7.65. The number of piperidine rings is 1.